The van der Waals surface area contributed by atoms with Crippen LogP contribution in [0.2, 0.25) is 0 Å². The first-order valence-electron chi connectivity index (χ1n) is 9.42. The molecule has 4 rings (SSSR count). The second kappa shape index (κ2) is 4.08. The van der Waals surface area contributed by atoms with Gasteiger partial charge in [0.15, 0.2) is 0 Å². The van der Waals surface area contributed by atoms with Gasteiger partial charge in [-0.2, -0.15) is 0 Å². The van der Waals surface area contributed by atoms with Gasteiger partial charge in [0.25, 0.3) is 0 Å². The Morgan fingerprint density at radius 2 is 1.67 bits per heavy atom. The lowest BCUT2D eigenvalue weighted by atomic mass is 9.38. The van der Waals surface area contributed by atoms with Crippen LogP contribution in [0.15, 0.2) is 0 Å². The van der Waals surface area contributed by atoms with Crippen LogP contribution in [0.3, 0.4) is 0 Å². The number of aliphatic hydroxyl groups excluding tert-OH is 1. The third-order valence-electron chi connectivity index (χ3n) is 9.13. The molecule has 0 amide bonds. The average Bonchev–Trinajstić information content (AvgIpc) is 2.70. The summed E-state index contributed by atoms with van der Waals surface area (Å²) in [5, 5.41) is 10.7. The molecule has 1 nitrogen and oxygen atoms in total. The molecule has 0 saturated heterocycles. The van der Waals surface area contributed by atoms with Crippen LogP contribution in [-0.4, -0.2) is 11.2 Å². The lowest BCUT2D eigenvalue weighted by Gasteiger charge is -2.67. The zero-order valence-electron chi connectivity index (χ0n) is 14.5. The van der Waals surface area contributed by atoms with E-state index in [1.54, 1.807) is 0 Å². The predicted molar refractivity (Wildman–Crippen MR) is 87.0 cm³/mol. The monoisotopic (exact) mass is 290 g/mol. The van der Waals surface area contributed by atoms with Crippen molar-refractivity contribution >= 4 is 0 Å². The third-order valence-corrected chi connectivity index (χ3v) is 9.13. The predicted octanol–water partition coefficient (Wildman–Crippen LogP) is 5.17. The SMILES string of the molecule is CC1(C)CCC[C@@]2(C)C1CC[C@H]1CC(O)C3(C)CCC12C3. The van der Waals surface area contributed by atoms with E-state index in [1.807, 2.05) is 0 Å². The average molecular weight is 290 g/mol. The minimum absolute atomic E-state index is 0.0325. The molecular formula is C20H34O. The highest BCUT2D eigenvalue weighted by Crippen LogP contribution is 2.76. The maximum absolute atomic E-state index is 10.7. The summed E-state index contributed by atoms with van der Waals surface area (Å²) < 4.78 is 0. The standard InChI is InChI=1S/C20H34O/c1-17(2)8-5-9-19(4)15(17)7-6-14-12-16(21)18(3)10-11-20(14,19)13-18/h14-16,21H,5-13H2,1-4H3/t14-,15?,16?,18?,19-,20?/m0/s1. The molecule has 21 heavy (non-hydrogen) atoms. The fourth-order valence-corrected chi connectivity index (χ4v) is 7.96. The van der Waals surface area contributed by atoms with Crippen LogP contribution < -0.4 is 0 Å². The fourth-order valence-electron chi connectivity index (χ4n) is 7.96. The van der Waals surface area contributed by atoms with Gasteiger partial charge in [0.1, 0.15) is 0 Å². The van der Waals surface area contributed by atoms with Crippen molar-refractivity contribution in [1.82, 2.24) is 0 Å². The van der Waals surface area contributed by atoms with E-state index in [9.17, 15) is 5.11 Å². The zero-order chi connectivity index (χ0) is 15.1. The summed E-state index contributed by atoms with van der Waals surface area (Å²) >= 11 is 0. The molecule has 0 aromatic rings. The van der Waals surface area contributed by atoms with Crippen molar-refractivity contribution in [3.63, 3.8) is 0 Å². The van der Waals surface area contributed by atoms with Gasteiger partial charge in [0.2, 0.25) is 0 Å². The minimum atomic E-state index is -0.0325. The Morgan fingerprint density at radius 3 is 2.43 bits per heavy atom. The van der Waals surface area contributed by atoms with E-state index in [-0.39, 0.29) is 11.5 Å². The molecule has 1 heteroatoms. The lowest BCUT2D eigenvalue weighted by molar-refractivity contribution is -0.189. The number of aliphatic hydroxyl groups is 1. The van der Waals surface area contributed by atoms with Crippen molar-refractivity contribution in [3.8, 4) is 0 Å². The zero-order valence-corrected chi connectivity index (χ0v) is 14.5. The number of hydrogen-bond acceptors (Lipinski definition) is 1. The van der Waals surface area contributed by atoms with Gasteiger partial charge in [0, 0.05) is 0 Å². The second-order valence-electron chi connectivity index (χ2n) is 10.3. The van der Waals surface area contributed by atoms with Crippen LogP contribution >= 0.6 is 0 Å². The maximum atomic E-state index is 10.7. The Balaban J connectivity index is 1.79. The Hall–Kier alpha value is -0.0400. The Kier molecular flexibility index (Phi) is 2.82. The van der Waals surface area contributed by atoms with E-state index in [2.05, 4.69) is 27.7 Å². The molecular weight excluding hydrogens is 256 g/mol. The molecule has 0 aromatic carbocycles. The fraction of sp³-hybridized carbons (Fsp3) is 1.00. The minimum Gasteiger partial charge on any atom is -0.393 e. The van der Waals surface area contributed by atoms with Gasteiger partial charge in [-0.05, 0) is 84.9 Å². The highest BCUT2D eigenvalue weighted by atomic mass is 16.3. The van der Waals surface area contributed by atoms with Crippen molar-refractivity contribution in [2.75, 3.05) is 0 Å². The number of rotatable bonds is 0. The molecule has 120 valence electrons. The van der Waals surface area contributed by atoms with Crippen molar-refractivity contribution in [2.45, 2.75) is 91.6 Å². The molecule has 0 radical (unpaired) electrons. The summed E-state index contributed by atoms with van der Waals surface area (Å²) in [5.41, 5.74) is 1.85. The van der Waals surface area contributed by atoms with Crippen molar-refractivity contribution < 1.29 is 5.11 Å². The quantitative estimate of drug-likeness (QED) is 0.652. The third kappa shape index (κ3) is 1.62. The first-order valence-corrected chi connectivity index (χ1v) is 9.42. The summed E-state index contributed by atoms with van der Waals surface area (Å²) in [6, 6.07) is 0. The molecule has 4 fully saturated rings. The highest BCUT2D eigenvalue weighted by molar-refractivity contribution is 5.18. The largest absolute Gasteiger partial charge is 0.393 e. The van der Waals surface area contributed by atoms with Gasteiger partial charge in [-0.25, -0.2) is 0 Å². The van der Waals surface area contributed by atoms with E-state index in [1.165, 1.54) is 51.4 Å². The first kappa shape index (κ1) is 14.5. The van der Waals surface area contributed by atoms with Gasteiger partial charge in [-0.15, -0.1) is 0 Å². The molecule has 0 heterocycles. The van der Waals surface area contributed by atoms with E-state index in [4.69, 9.17) is 0 Å². The van der Waals surface area contributed by atoms with Gasteiger partial charge in [-0.3, -0.25) is 0 Å². The van der Waals surface area contributed by atoms with Crippen LogP contribution in [0, 0.1) is 33.5 Å². The maximum Gasteiger partial charge on any atom is 0.0596 e. The summed E-state index contributed by atoms with van der Waals surface area (Å²) in [7, 11) is 0. The lowest BCUT2D eigenvalue weighted by Crippen LogP contribution is -2.60. The van der Waals surface area contributed by atoms with Gasteiger partial charge >= 0.3 is 0 Å². The Labute approximate surface area is 130 Å². The van der Waals surface area contributed by atoms with E-state index in [0.717, 1.165) is 18.3 Å². The summed E-state index contributed by atoms with van der Waals surface area (Å²) in [4.78, 5) is 0. The number of fused-ring (bicyclic) bond motifs is 2. The summed E-state index contributed by atoms with van der Waals surface area (Å²) in [5.74, 6) is 1.71. The van der Waals surface area contributed by atoms with E-state index >= 15 is 0 Å². The Morgan fingerprint density at radius 1 is 0.905 bits per heavy atom. The van der Waals surface area contributed by atoms with E-state index < -0.39 is 0 Å². The summed E-state index contributed by atoms with van der Waals surface area (Å²) in [6.07, 6.45) is 12.1. The highest BCUT2D eigenvalue weighted by Gasteiger charge is 2.68. The van der Waals surface area contributed by atoms with E-state index in [0.29, 0.717) is 16.2 Å². The molecule has 4 aliphatic rings. The second-order valence-corrected chi connectivity index (χ2v) is 10.3. The Bertz CT molecular complexity index is 455. The molecule has 1 N–H and O–H groups in total. The van der Waals surface area contributed by atoms with Crippen molar-refractivity contribution in [3.05, 3.63) is 0 Å². The molecule has 4 unspecified atom stereocenters. The van der Waals surface area contributed by atoms with Gasteiger partial charge in [0.05, 0.1) is 6.10 Å². The first-order chi connectivity index (χ1) is 9.74. The molecule has 0 aliphatic heterocycles. The van der Waals surface area contributed by atoms with Gasteiger partial charge in [-0.1, -0.05) is 34.1 Å². The molecule has 4 saturated carbocycles. The van der Waals surface area contributed by atoms with Crippen molar-refractivity contribution in [1.29, 1.82) is 0 Å². The normalized spacial score (nSPS) is 58.4. The molecule has 4 aliphatic carbocycles. The molecule has 0 aromatic heterocycles. The number of hydrogen-bond donors (Lipinski definition) is 1. The van der Waals surface area contributed by atoms with Crippen LogP contribution in [-0.2, 0) is 0 Å². The molecule has 1 spiro atoms. The van der Waals surface area contributed by atoms with Crippen LogP contribution in [0.4, 0.5) is 0 Å². The topological polar surface area (TPSA) is 20.2 Å². The summed E-state index contributed by atoms with van der Waals surface area (Å²) in [6.45, 7) is 10.1. The van der Waals surface area contributed by atoms with Crippen LogP contribution in [0.5, 0.6) is 0 Å². The molecule has 6 atom stereocenters. The van der Waals surface area contributed by atoms with Gasteiger partial charge < -0.3 is 5.11 Å². The molecule has 2 bridgehead atoms. The van der Waals surface area contributed by atoms with Crippen molar-refractivity contribution in [2.24, 2.45) is 33.5 Å². The van der Waals surface area contributed by atoms with Crippen LogP contribution in [0.25, 0.3) is 0 Å². The smallest absolute Gasteiger partial charge is 0.0596 e. The van der Waals surface area contributed by atoms with Crippen LogP contribution in [0.1, 0.15) is 85.5 Å².